The number of methoxy groups -OCH3 is 1. The van der Waals surface area contributed by atoms with Crippen molar-refractivity contribution in [1.82, 2.24) is 0 Å². The molecule has 27 heavy (non-hydrogen) atoms. The second-order valence-electron chi connectivity index (χ2n) is 8.71. The molecule has 1 aromatic carbocycles. The van der Waals surface area contributed by atoms with Gasteiger partial charge in [0.15, 0.2) is 5.92 Å². The van der Waals surface area contributed by atoms with Gasteiger partial charge >= 0.3 is 11.9 Å². The molecule has 1 atom stereocenters. The summed E-state index contributed by atoms with van der Waals surface area (Å²) in [4.78, 5) is 24.5. The van der Waals surface area contributed by atoms with Crippen molar-refractivity contribution >= 4 is 24.6 Å². The van der Waals surface area contributed by atoms with E-state index < -0.39 is 17.9 Å². The van der Waals surface area contributed by atoms with Crippen LogP contribution in [0.5, 0.6) is 5.75 Å². The van der Waals surface area contributed by atoms with Gasteiger partial charge in [0, 0.05) is 5.75 Å². The van der Waals surface area contributed by atoms with Gasteiger partial charge in [0.1, 0.15) is 12.4 Å². The van der Waals surface area contributed by atoms with Crippen LogP contribution in [0.3, 0.4) is 0 Å². The zero-order valence-corrected chi connectivity index (χ0v) is 18.3. The second-order valence-corrected chi connectivity index (χ2v) is 9.16. The van der Waals surface area contributed by atoms with Crippen LogP contribution in [0.15, 0.2) is 12.1 Å². The van der Waals surface area contributed by atoms with E-state index in [9.17, 15) is 14.7 Å². The third-order valence-corrected chi connectivity index (χ3v) is 4.51. The highest BCUT2D eigenvalue weighted by molar-refractivity contribution is 7.80. The molecule has 1 rings (SSSR count). The fourth-order valence-corrected chi connectivity index (χ4v) is 2.93. The normalized spacial score (nSPS) is 13.2. The first-order chi connectivity index (χ1) is 12.3. The number of phenolic OH excluding ortho intramolecular Hbond substituents is 1. The number of hydrogen-bond donors (Lipinski definition) is 2. The molecule has 1 aromatic rings. The lowest BCUT2D eigenvalue weighted by Crippen LogP contribution is -2.30. The van der Waals surface area contributed by atoms with Crippen LogP contribution in [0, 0.1) is 5.92 Å². The molecule has 0 bridgehead atoms. The molecular weight excluding hydrogens is 364 g/mol. The highest BCUT2D eigenvalue weighted by Gasteiger charge is 2.32. The number of hydrogen-bond acceptors (Lipinski definition) is 6. The maximum Gasteiger partial charge on any atom is 0.320 e. The molecule has 0 spiro atoms. The van der Waals surface area contributed by atoms with Gasteiger partial charge in [0.25, 0.3) is 0 Å². The van der Waals surface area contributed by atoms with Gasteiger partial charge in [-0.05, 0) is 33.9 Å². The number of rotatable bonds is 6. The summed E-state index contributed by atoms with van der Waals surface area (Å²) in [5.41, 5.74) is 1.73. The summed E-state index contributed by atoms with van der Waals surface area (Å²) in [7, 11) is 1.25. The number of carbonyl (C=O) groups excluding carboxylic acids is 2. The summed E-state index contributed by atoms with van der Waals surface area (Å²) in [5, 5.41) is 10.8. The number of benzene rings is 1. The Morgan fingerprint density at radius 3 is 1.89 bits per heavy atom. The van der Waals surface area contributed by atoms with Gasteiger partial charge in [0.2, 0.25) is 0 Å². The van der Waals surface area contributed by atoms with Crippen LogP contribution in [-0.4, -0.2) is 36.5 Å². The highest BCUT2D eigenvalue weighted by Crippen LogP contribution is 2.40. The highest BCUT2D eigenvalue weighted by atomic mass is 32.1. The van der Waals surface area contributed by atoms with E-state index in [0.29, 0.717) is 5.75 Å². The number of aromatic hydroxyl groups is 1. The lowest BCUT2D eigenvalue weighted by molar-refractivity contribution is -0.160. The molecule has 5 nitrogen and oxygen atoms in total. The van der Waals surface area contributed by atoms with Crippen molar-refractivity contribution < 1.29 is 24.2 Å². The third kappa shape index (κ3) is 6.16. The zero-order chi connectivity index (χ0) is 21.0. The predicted molar refractivity (Wildman–Crippen MR) is 110 cm³/mol. The topological polar surface area (TPSA) is 72.8 Å². The molecule has 0 saturated carbocycles. The number of ether oxygens (including phenoxy) is 2. The molecule has 0 radical (unpaired) electrons. The summed E-state index contributed by atoms with van der Waals surface area (Å²) >= 11 is 4.02. The Morgan fingerprint density at radius 2 is 1.52 bits per heavy atom. The minimum atomic E-state index is -1.06. The van der Waals surface area contributed by atoms with Crippen LogP contribution < -0.4 is 0 Å². The standard InChI is InChI=1S/C21H32O5S/c1-20(2,3)15-11-13(12-16(17(15)22)21(4,5)6)10-14(18(23)25-7)19(24)26-8-9-27/h11-12,14,22,27H,8-10H2,1-7H3. The molecule has 1 unspecified atom stereocenters. The fourth-order valence-electron chi connectivity index (χ4n) is 2.84. The van der Waals surface area contributed by atoms with Crippen molar-refractivity contribution in [1.29, 1.82) is 0 Å². The number of phenols is 1. The molecule has 0 heterocycles. The first-order valence-corrected chi connectivity index (χ1v) is 9.68. The Labute approximate surface area is 167 Å². The van der Waals surface area contributed by atoms with E-state index in [1.165, 1.54) is 7.11 Å². The van der Waals surface area contributed by atoms with Crippen molar-refractivity contribution in [2.24, 2.45) is 5.92 Å². The van der Waals surface area contributed by atoms with Gasteiger partial charge in [-0.1, -0.05) is 53.7 Å². The zero-order valence-electron chi connectivity index (χ0n) is 17.4. The summed E-state index contributed by atoms with van der Waals surface area (Å²) in [5.74, 6) is -1.69. The van der Waals surface area contributed by atoms with Crippen molar-refractivity contribution in [2.75, 3.05) is 19.5 Å². The average molecular weight is 397 g/mol. The van der Waals surface area contributed by atoms with Crippen LogP contribution in [0.1, 0.15) is 58.2 Å². The molecule has 6 heteroatoms. The molecule has 0 fully saturated rings. The van der Waals surface area contributed by atoms with Crippen LogP contribution in [-0.2, 0) is 36.3 Å². The maximum atomic E-state index is 12.3. The summed E-state index contributed by atoms with van der Waals surface area (Å²) in [6.07, 6.45) is 0.143. The Morgan fingerprint density at radius 1 is 1.04 bits per heavy atom. The SMILES string of the molecule is COC(=O)C(Cc1cc(C(C)(C)C)c(O)c(C(C)(C)C)c1)C(=O)OCCS. The lowest BCUT2D eigenvalue weighted by atomic mass is 9.77. The van der Waals surface area contributed by atoms with Crippen LogP contribution >= 0.6 is 12.6 Å². The maximum absolute atomic E-state index is 12.3. The average Bonchev–Trinajstić information content (AvgIpc) is 2.55. The molecule has 0 aliphatic carbocycles. The third-order valence-electron chi connectivity index (χ3n) is 4.33. The van der Waals surface area contributed by atoms with Gasteiger partial charge in [-0.25, -0.2) is 0 Å². The first-order valence-electron chi connectivity index (χ1n) is 9.05. The molecule has 152 valence electrons. The van der Waals surface area contributed by atoms with Crippen molar-refractivity contribution in [3.8, 4) is 5.75 Å². The van der Waals surface area contributed by atoms with Crippen LogP contribution in [0.2, 0.25) is 0 Å². The van der Waals surface area contributed by atoms with Gasteiger partial charge < -0.3 is 14.6 Å². The molecule has 0 aliphatic heterocycles. The van der Waals surface area contributed by atoms with E-state index >= 15 is 0 Å². The monoisotopic (exact) mass is 396 g/mol. The molecule has 0 saturated heterocycles. The predicted octanol–water partition coefficient (Wildman–Crippen LogP) is 3.79. The summed E-state index contributed by atoms with van der Waals surface area (Å²) in [6, 6.07) is 3.71. The first kappa shape index (κ1) is 23.3. The van der Waals surface area contributed by atoms with Gasteiger partial charge in [-0.2, -0.15) is 12.6 Å². The number of carbonyl (C=O) groups is 2. The molecule has 1 N–H and O–H groups in total. The van der Waals surface area contributed by atoms with Crippen molar-refractivity contribution in [2.45, 2.75) is 58.8 Å². The molecule has 0 aromatic heterocycles. The number of esters is 2. The molecule has 0 amide bonds. The van der Waals surface area contributed by atoms with E-state index in [0.717, 1.165) is 16.7 Å². The van der Waals surface area contributed by atoms with Gasteiger partial charge in [-0.15, -0.1) is 0 Å². The van der Waals surface area contributed by atoms with Crippen LogP contribution in [0.25, 0.3) is 0 Å². The van der Waals surface area contributed by atoms with Crippen molar-refractivity contribution in [3.63, 3.8) is 0 Å². The van der Waals surface area contributed by atoms with Gasteiger partial charge in [-0.3, -0.25) is 9.59 Å². The fraction of sp³-hybridized carbons (Fsp3) is 0.619. The minimum Gasteiger partial charge on any atom is -0.507 e. The second kappa shape index (κ2) is 9.00. The Hall–Kier alpha value is -1.69. The van der Waals surface area contributed by atoms with Gasteiger partial charge in [0.05, 0.1) is 7.11 Å². The summed E-state index contributed by atoms with van der Waals surface area (Å²) < 4.78 is 9.90. The van der Waals surface area contributed by atoms with E-state index in [4.69, 9.17) is 9.47 Å². The Balaban J connectivity index is 3.41. The molecule has 0 aliphatic rings. The van der Waals surface area contributed by atoms with E-state index in [1.807, 2.05) is 53.7 Å². The number of thiol groups is 1. The lowest BCUT2D eigenvalue weighted by Gasteiger charge is -2.28. The van der Waals surface area contributed by atoms with E-state index in [2.05, 4.69) is 12.6 Å². The van der Waals surface area contributed by atoms with Crippen molar-refractivity contribution in [3.05, 3.63) is 28.8 Å². The Kier molecular flexibility index (Phi) is 7.78. The quantitative estimate of drug-likeness (QED) is 0.435. The van der Waals surface area contributed by atoms with Crippen LogP contribution in [0.4, 0.5) is 0 Å². The Bertz CT molecular complexity index is 648. The molecular formula is C21H32O5S. The largest absolute Gasteiger partial charge is 0.507 e. The minimum absolute atomic E-state index is 0.130. The van der Waals surface area contributed by atoms with E-state index in [-0.39, 0.29) is 29.6 Å². The smallest absolute Gasteiger partial charge is 0.320 e. The summed E-state index contributed by atoms with van der Waals surface area (Å²) in [6.45, 7) is 12.2. The van der Waals surface area contributed by atoms with E-state index in [1.54, 1.807) is 0 Å².